The molecule has 2 rings (SSSR count). The number of likely N-dealkylation sites (tertiary alicyclic amines) is 1. The SMILES string of the molecule is COc1cccc(NC(=S)N2C(C)CCCC2C)c1. The van der Waals surface area contributed by atoms with E-state index in [4.69, 9.17) is 17.0 Å². The molecule has 1 aromatic rings. The Morgan fingerprint density at radius 3 is 2.63 bits per heavy atom. The normalized spacial score (nSPS) is 23.0. The minimum Gasteiger partial charge on any atom is -0.497 e. The van der Waals surface area contributed by atoms with E-state index in [1.165, 1.54) is 19.3 Å². The molecular weight excluding hydrogens is 256 g/mol. The van der Waals surface area contributed by atoms with Crippen molar-refractivity contribution in [3.05, 3.63) is 24.3 Å². The van der Waals surface area contributed by atoms with Crippen molar-refractivity contribution < 1.29 is 4.74 Å². The number of thiocarbonyl (C=S) groups is 1. The van der Waals surface area contributed by atoms with Crippen molar-refractivity contribution >= 4 is 23.0 Å². The fourth-order valence-corrected chi connectivity index (χ4v) is 3.19. The molecule has 1 aromatic carbocycles. The highest BCUT2D eigenvalue weighted by Crippen LogP contribution is 2.24. The molecule has 3 nitrogen and oxygen atoms in total. The molecule has 19 heavy (non-hydrogen) atoms. The van der Waals surface area contributed by atoms with Gasteiger partial charge in [-0.15, -0.1) is 0 Å². The van der Waals surface area contributed by atoms with Crippen molar-refractivity contribution in [2.24, 2.45) is 0 Å². The molecule has 1 N–H and O–H groups in total. The number of anilines is 1. The number of nitrogens with one attached hydrogen (secondary N) is 1. The highest BCUT2D eigenvalue weighted by Gasteiger charge is 2.26. The first-order valence-corrected chi connectivity index (χ1v) is 7.26. The van der Waals surface area contributed by atoms with Crippen molar-refractivity contribution in [3.8, 4) is 5.75 Å². The van der Waals surface area contributed by atoms with Crippen LogP contribution in [0.3, 0.4) is 0 Å². The maximum Gasteiger partial charge on any atom is 0.173 e. The van der Waals surface area contributed by atoms with Gasteiger partial charge in [0.25, 0.3) is 0 Å². The Morgan fingerprint density at radius 2 is 2.00 bits per heavy atom. The lowest BCUT2D eigenvalue weighted by atomic mass is 9.98. The maximum atomic E-state index is 5.56. The second-order valence-corrected chi connectivity index (χ2v) is 5.59. The molecule has 1 heterocycles. The Hall–Kier alpha value is -1.29. The van der Waals surface area contributed by atoms with Gasteiger partial charge >= 0.3 is 0 Å². The van der Waals surface area contributed by atoms with Crippen LogP contribution < -0.4 is 10.1 Å². The second kappa shape index (κ2) is 6.24. The average molecular weight is 278 g/mol. The van der Waals surface area contributed by atoms with Crippen LogP contribution in [0.1, 0.15) is 33.1 Å². The van der Waals surface area contributed by atoms with Crippen molar-refractivity contribution in [2.45, 2.75) is 45.2 Å². The van der Waals surface area contributed by atoms with Gasteiger partial charge in [-0.3, -0.25) is 0 Å². The zero-order valence-electron chi connectivity index (χ0n) is 11.8. The van der Waals surface area contributed by atoms with Crippen molar-refractivity contribution in [1.29, 1.82) is 0 Å². The highest BCUT2D eigenvalue weighted by atomic mass is 32.1. The summed E-state index contributed by atoms with van der Waals surface area (Å²) < 4.78 is 5.23. The van der Waals surface area contributed by atoms with Crippen molar-refractivity contribution in [1.82, 2.24) is 4.90 Å². The molecule has 1 saturated heterocycles. The number of methoxy groups -OCH3 is 1. The first-order valence-electron chi connectivity index (χ1n) is 6.85. The molecule has 0 spiro atoms. The van der Waals surface area contributed by atoms with Gasteiger partial charge in [-0.25, -0.2) is 0 Å². The quantitative estimate of drug-likeness (QED) is 0.835. The van der Waals surface area contributed by atoms with Crippen molar-refractivity contribution in [2.75, 3.05) is 12.4 Å². The monoisotopic (exact) mass is 278 g/mol. The number of benzene rings is 1. The van der Waals surface area contributed by atoms with Gasteiger partial charge in [0, 0.05) is 23.8 Å². The van der Waals surface area contributed by atoms with E-state index in [-0.39, 0.29) is 0 Å². The van der Waals surface area contributed by atoms with E-state index in [1.807, 2.05) is 24.3 Å². The first kappa shape index (κ1) is 14.1. The van der Waals surface area contributed by atoms with E-state index in [0.717, 1.165) is 16.5 Å². The molecule has 1 aliphatic heterocycles. The highest BCUT2D eigenvalue weighted by molar-refractivity contribution is 7.80. The smallest absolute Gasteiger partial charge is 0.173 e. The minimum absolute atomic E-state index is 0.509. The third-order valence-electron chi connectivity index (χ3n) is 3.75. The van der Waals surface area contributed by atoms with Gasteiger partial charge in [-0.05, 0) is 57.5 Å². The summed E-state index contributed by atoms with van der Waals surface area (Å²) in [7, 11) is 1.67. The van der Waals surface area contributed by atoms with Crippen LogP contribution in [-0.4, -0.2) is 29.2 Å². The molecule has 1 fully saturated rings. The Bertz CT molecular complexity index is 440. The molecule has 2 unspecified atom stereocenters. The molecule has 0 aliphatic carbocycles. The largest absolute Gasteiger partial charge is 0.497 e. The maximum absolute atomic E-state index is 5.56. The number of piperidine rings is 1. The van der Waals surface area contributed by atoms with Crippen LogP contribution in [-0.2, 0) is 0 Å². The molecule has 2 atom stereocenters. The van der Waals surface area contributed by atoms with Crippen LogP contribution >= 0.6 is 12.2 Å². The lowest BCUT2D eigenvalue weighted by Gasteiger charge is -2.40. The summed E-state index contributed by atoms with van der Waals surface area (Å²) in [5, 5.41) is 4.14. The number of nitrogens with zero attached hydrogens (tertiary/aromatic N) is 1. The van der Waals surface area contributed by atoms with Crippen LogP contribution in [0.25, 0.3) is 0 Å². The molecule has 4 heteroatoms. The van der Waals surface area contributed by atoms with Crippen molar-refractivity contribution in [3.63, 3.8) is 0 Å². The third kappa shape index (κ3) is 3.38. The van der Waals surface area contributed by atoms with Gasteiger partial charge in [-0.2, -0.15) is 0 Å². The molecule has 0 radical (unpaired) electrons. The van der Waals surface area contributed by atoms with E-state index in [0.29, 0.717) is 12.1 Å². The second-order valence-electron chi connectivity index (χ2n) is 5.20. The van der Waals surface area contributed by atoms with Gasteiger partial charge in [0.15, 0.2) is 5.11 Å². The third-order valence-corrected chi connectivity index (χ3v) is 4.06. The fourth-order valence-electron chi connectivity index (χ4n) is 2.71. The predicted molar refractivity (Wildman–Crippen MR) is 83.8 cm³/mol. The van der Waals surface area contributed by atoms with Crippen LogP contribution in [0, 0.1) is 0 Å². The predicted octanol–water partition coefficient (Wildman–Crippen LogP) is 3.65. The molecular formula is C15H22N2OS. The summed E-state index contributed by atoms with van der Waals surface area (Å²) in [5.74, 6) is 0.840. The zero-order chi connectivity index (χ0) is 13.8. The van der Waals surface area contributed by atoms with Crippen LogP contribution in [0.5, 0.6) is 5.75 Å². The Kier molecular flexibility index (Phi) is 4.64. The van der Waals surface area contributed by atoms with Crippen LogP contribution in [0.15, 0.2) is 24.3 Å². The Labute approximate surface area is 120 Å². The molecule has 0 bridgehead atoms. The summed E-state index contributed by atoms with van der Waals surface area (Å²) in [4.78, 5) is 2.32. The molecule has 104 valence electrons. The summed E-state index contributed by atoms with van der Waals surface area (Å²) >= 11 is 5.56. The average Bonchev–Trinajstić information content (AvgIpc) is 2.38. The topological polar surface area (TPSA) is 24.5 Å². The van der Waals surface area contributed by atoms with E-state index in [9.17, 15) is 0 Å². The zero-order valence-corrected chi connectivity index (χ0v) is 12.7. The summed E-state index contributed by atoms with van der Waals surface area (Å²) in [6.45, 7) is 4.49. The lowest BCUT2D eigenvalue weighted by molar-refractivity contribution is 0.194. The lowest BCUT2D eigenvalue weighted by Crippen LogP contribution is -2.49. The van der Waals surface area contributed by atoms with Gasteiger partial charge in [0.2, 0.25) is 0 Å². The number of hydrogen-bond acceptors (Lipinski definition) is 2. The minimum atomic E-state index is 0.509. The van der Waals surface area contributed by atoms with Gasteiger partial charge in [-0.1, -0.05) is 6.07 Å². The molecule has 0 saturated carbocycles. The van der Waals surface area contributed by atoms with Gasteiger partial charge in [0.05, 0.1) is 7.11 Å². The molecule has 0 amide bonds. The fraction of sp³-hybridized carbons (Fsp3) is 0.533. The first-order chi connectivity index (χ1) is 9.11. The number of rotatable bonds is 2. The van der Waals surface area contributed by atoms with Gasteiger partial charge in [0.1, 0.15) is 5.75 Å². The molecule has 1 aliphatic rings. The summed E-state index contributed by atoms with van der Waals surface area (Å²) in [6.07, 6.45) is 3.72. The van der Waals surface area contributed by atoms with Crippen LogP contribution in [0.2, 0.25) is 0 Å². The molecule has 0 aromatic heterocycles. The Balaban J connectivity index is 2.07. The number of ether oxygens (including phenoxy) is 1. The standard InChI is InChI=1S/C15H22N2OS/c1-11-6-4-7-12(2)17(11)15(19)16-13-8-5-9-14(10-13)18-3/h5,8-12H,4,6-7H2,1-3H3,(H,16,19). The van der Waals surface area contributed by atoms with E-state index >= 15 is 0 Å². The summed E-state index contributed by atoms with van der Waals surface area (Å²) in [5.41, 5.74) is 0.981. The Morgan fingerprint density at radius 1 is 1.32 bits per heavy atom. The van der Waals surface area contributed by atoms with Gasteiger partial charge < -0.3 is 15.0 Å². The van der Waals surface area contributed by atoms with E-state index < -0.39 is 0 Å². The summed E-state index contributed by atoms with van der Waals surface area (Å²) in [6, 6.07) is 8.89. The van der Waals surface area contributed by atoms with E-state index in [1.54, 1.807) is 7.11 Å². The van der Waals surface area contributed by atoms with E-state index in [2.05, 4.69) is 24.1 Å². The van der Waals surface area contributed by atoms with Crippen LogP contribution in [0.4, 0.5) is 5.69 Å². The number of hydrogen-bond donors (Lipinski definition) is 1.